The quantitative estimate of drug-likeness (QED) is 0.513. The van der Waals surface area contributed by atoms with Crippen LogP contribution < -0.4 is 30.3 Å². The van der Waals surface area contributed by atoms with Gasteiger partial charge in [0, 0.05) is 50.0 Å². The number of rotatable bonds is 7. The second-order valence-electron chi connectivity index (χ2n) is 7.51. The van der Waals surface area contributed by atoms with Gasteiger partial charge in [0.2, 0.25) is 0 Å². The fourth-order valence-corrected chi connectivity index (χ4v) is 3.72. The van der Waals surface area contributed by atoms with Gasteiger partial charge in [-0.05, 0) is 35.9 Å². The minimum atomic E-state index is -0.568. The first-order valence-electron chi connectivity index (χ1n) is 10.4. The van der Waals surface area contributed by atoms with Gasteiger partial charge in [0.25, 0.3) is 0 Å². The number of carbonyl (C=O) groups excluding carboxylic acids is 2. The average molecular weight is 450 g/mol. The number of benzene rings is 2. The number of aryl methyl sites for hydroxylation is 1. The van der Waals surface area contributed by atoms with Crippen LogP contribution in [0.15, 0.2) is 54.9 Å². The van der Waals surface area contributed by atoms with Crippen molar-refractivity contribution in [3.8, 4) is 11.5 Å². The second-order valence-corrected chi connectivity index (χ2v) is 7.51. The van der Waals surface area contributed by atoms with Gasteiger partial charge in [0.15, 0.2) is 0 Å². The number of nitrogens with one attached hydrogen (secondary N) is 3. The molecule has 4 amide bonds. The lowest BCUT2D eigenvalue weighted by molar-refractivity contribution is 0.249. The Morgan fingerprint density at radius 3 is 2.52 bits per heavy atom. The molecule has 0 spiro atoms. The van der Waals surface area contributed by atoms with Gasteiger partial charge in [-0.3, -0.25) is 4.90 Å². The first-order chi connectivity index (χ1) is 16.0. The van der Waals surface area contributed by atoms with Gasteiger partial charge >= 0.3 is 12.1 Å². The summed E-state index contributed by atoms with van der Waals surface area (Å²) in [5.74, 6) is 1.84. The van der Waals surface area contributed by atoms with Gasteiger partial charge in [-0.2, -0.15) is 0 Å². The number of urea groups is 2. The standard InChI is InChI=1S/C23H26N6O4/c1-28-9-7-24-21(28)20(15-11-18(32-2)14-19(12-15)33-3)27-22(30)26-16-5-4-6-17(13-16)29-10-8-25-23(29)31/h4-7,9,11-14,20H,8,10H2,1-3H3,(H,25,31)(H2,26,27,30). The lowest BCUT2D eigenvalue weighted by atomic mass is 10.1. The molecule has 1 aliphatic heterocycles. The summed E-state index contributed by atoms with van der Waals surface area (Å²) < 4.78 is 12.6. The second kappa shape index (κ2) is 9.51. The molecule has 1 atom stereocenters. The lowest BCUT2D eigenvalue weighted by Gasteiger charge is -2.21. The molecule has 1 unspecified atom stereocenters. The Morgan fingerprint density at radius 1 is 1.15 bits per heavy atom. The topological polar surface area (TPSA) is 110 Å². The first-order valence-corrected chi connectivity index (χ1v) is 10.4. The van der Waals surface area contributed by atoms with Crippen molar-refractivity contribution >= 4 is 23.4 Å². The van der Waals surface area contributed by atoms with Crippen molar-refractivity contribution in [2.75, 3.05) is 37.5 Å². The number of aromatic nitrogens is 2. The fraction of sp³-hybridized carbons (Fsp3) is 0.261. The maximum Gasteiger partial charge on any atom is 0.321 e. The molecule has 0 aliphatic carbocycles. The predicted molar refractivity (Wildman–Crippen MR) is 124 cm³/mol. The Balaban J connectivity index is 1.58. The molecule has 3 N–H and O–H groups in total. The van der Waals surface area contributed by atoms with Crippen LogP contribution in [-0.4, -0.2) is 48.9 Å². The van der Waals surface area contributed by atoms with Crippen LogP contribution in [0.5, 0.6) is 11.5 Å². The molecule has 172 valence electrons. The zero-order valence-electron chi connectivity index (χ0n) is 18.7. The van der Waals surface area contributed by atoms with Crippen LogP contribution in [0.3, 0.4) is 0 Å². The number of amides is 4. The number of anilines is 2. The summed E-state index contributed by atoms with van der Waals surface area (Å²) in [4.78, 5) is 31.0. The maximum atomic E-state index is 13.0. The summed E-state index contributed by atoms with van der Waals surface area (Å²) in [6.07, 6.45) is 3.48. The minimum Gasteiger partial charge on any atom is -0.497 e. The van der Waals surface area contributed by atoms with Crippen LogP contribution in [0.25, 0.3) is 0 Å². The largest absolute Gasteiger partial charge is 0.497 e. The van der Waals surface area contributed by atoms with Gasteiger partial charge < -0.3 is 30.0 Å². The fourth-order valence-electron chi connectivity index (χ4n) is 3.72. The normalized spacial score (nSPS) is 13.9. The van der Waals surface area contributed by atoms with Gasteiger partial charge in [0.1, 0.15) is 23.4 Å². The molecule has 1 saturated heterocycles. The van der Waals surface area contributed by atoms with Gasteiger partial charge in [0.05, 0.1) is 14.2 Å². The van der Waals surface area contributed by atoms with Crippen LogP contribution in [0.4, 0.5) is 21.0 Å². The Morgan fingerprint density at radius 2 is 1.91 bits per heavy atom. The molecule has 1 aromatic heterocycles. The number of nitrogens with zero attached hydrogens (tertiary/aromatic N) is 3. The van der Waals surface area contributed by atoms with Crippen molar-refractivity contribution in [1.29, 1.82) is 0 Å². The molecule has 1 aliphatic rings. The highest BCUT2D eigenvalue weighted by Gasteiger charge is 2.24. The zero-order chi connectivity index (χ0) is 23.4. The van der Waals surface area contributed by atoms with E-state index in [1.807, 2.05) is 36.0 Å². The van der Waals surface area contributed by atoms with E-state index in [0.29, 0.717) is 41.8 Å². The predicted octanol–water partition coefficient (Wildman–Crippen LogP) is 2.88. The Bertz CT molecular complexity index is 1140. The van der Waals surface area contributed by atoms with E-state index in [0.717, 1.165) is 5.56 Å². The zero-order valence-corrected chi connectivity index (χ0v) is 18.7. The third kappa shape index (κ3) is 4.84. The van der Waals surface area contributed by atoms with Crippen LogP contribution in [-0.2, 0) is 7.05 Å². The van der Waals surface area contributed by atoms with E-state index in [4.69, 9.17) is 9.47 Å². The molecule has 1 fully saturated rings. The number of methoxy groups -OCH3 is 2. The summed E-state index contributed by atoms with van der Waals surface area (Å²) in [7, 11) is 5.00. The molecule has 10 heteroatoms. The van der Waals surface area contributed by atoms with Crippen LogP contribution in [0, 0.1) is 0 Å². The van der Waals surface area contributed by atoms with Crippen molar-refractivity contribution in [3.05, 3.63) is 66.2 Å². The SMILES string of the molecule is COc1cc(OC)cc(C(NC(=O)Nc2cccc(N3CCNC3=O)c2)c2nccn2C)c1. The highest BCUT2D eigenvalue weighted by Crippen LogP contribution is 2.29. The third-order valence-corrected chi connectivity index (χ3v) is 5.37. The number of hydrogen-bond donors (Lipinski definition) is 3. The Hall–Kier alpha value is -4.21. The van der Waals surface area contributed by atoms with Crippen molar-refractivity contribution < 1.29 is 19.1 Å². The van der Waals surface area contributed by atoms with E-state index in [-0.39, 0.29) is 6.03 Å². The summed E-state index contributed by atoms with van der Waals surface area (Å²) >= 11 is 0. The van der Waals surface area contributed by atoms with Crippen LogP contribution >= 0.6 is 0 Å². The maximum absolute atomic E-state index is 13.0. The van der Waals surface area contributed by atoms with Gasteiger partial charge in [-0.1, -0.05) is 6.07 Å². The van der Waals surface area contributed by atoms with E-state index in [9.17, 15) is 9.59 Å². The average Bonchev–Trinajstić information content (AvgIpc) is 3.45. The lowest BCUT2D eigenvalue weighted by Crippen LogP contribution is -2.34. The molecule has 3 aromatic rings. The van der Waals surface area contributed by atoms with Crippen molar-refractivity contribution in [2.45, 2.75) is 6.04 Å². The van der Waals surface area contributed by atoms with E-state index in [1.165, 1.54) is 0 Å². The van der Waals surface area contributed by atoms with Crippen LogP contribution in [0.2, 0.25) is 0 Å². The highest BCUT2D eigenvalue weighted by atomic mass is 16.5. The monoisotopic (exact) mass is 450 g/mol. The van der Waals surface area contributed by atoms with E-state index in [1.54, 1.807) is 49.6 Å². The number of carbonyl (C=O) groups is 2. The van der Waals surface area contributed by atoms with Crippen molar-refractivity contribution in [1.82, 2.24) is 20.2 Å². The van der Waals surface area contributed by atoms with Crippen LogP contribution in [0.1, 0.15) is 17.4 Å². The summed E-state index contributed by atoms with van der Waals surface area (Å²) in [5, 5.41) is 8.61. The summed E-state index contributed by atoms with van der Waals surface area (Å²) in [6, 6.07) is 11.4. The molecule has 0 radical (unpaired) electrons. The Labute approximate surface area is 191 Å². The summed E-state index contributed by atoms with van der Waals surface area (Å²) in [5.41, 5.74) is 2.02. The van der Waals surface area contributed by atoms with Gasteiger partial charge in [-0.15, -0.1) is 0 Å². The molecule has 0 saturated carbocycles. The molecule has 10 nitrogen and oxygen atoms in total. The van der Waals surface area contributed by atoms with Gasteiger partial charge in [-0.25, -0.2) is 14.6 Å². The molecule has 0 bridgehead atoms. The van der Waals surface area contributed by atoms with E-state index >= 15 is 0 Å². The smallest absolute Gasteiger partial charge is 0.321 e. The molecule has 2 aromatic carbocycles. The van der Waals surface area contributed by atoms with E-state index in [2.05, 4.69) is 20.9 Å². The highest BCUT2D eigenvalue weighted by molar-refractivity contribution is 5.96. The first kappa shape index (κ1) is 22.0. The molecule has 33 heavy (non-hydrogen) atoms. The van der Waals surface area contributed by atoms with Crippen molar-refractivity contribution in [3.63, 3.8) is 0 Å². The molecule has 4 rings (SSSR count). The minimum absolute atomic E-state index is 0.154. The molecular weight excluding hydrogens is 424 g/mol. The van der Waals surface area contributed by atoms with Crippen molar-refractivity contribution in [2.24, 2.45) is 7.05 Å². The van der Waals surface area contributed by atoms with E-state index < -0.39 is 12.1 Å². The molecular formula is C23H26N6O4. The Kier molecular flexibility index (Phi) is 6.34. The number of imidazole rings is 1. The number of hydrogen-bond acceptors (Lipinski definition) is 5. The summed E-state index contributed by atoms with van der Waals surface area (Å²) in [6.45, 7) is 1.17. The molecule has 2 heterocycles. The third-order valence-electron chi connectivity index (χ3n) is 5.37. The number of ether oxygens (including phenoxy) is 2.